The number of nitrogens with two attached hydrogens (primary N) is 1. The van der Waals surface area contributed by atoms with Gasteiger partial charge in [0.25, 0.3) is 6.02 Å². The highest BCUT2D eigenvalue weighted by atomic mass is 32.2. The zero-order valence-electron chi connectivity index (χ0n) is 14.6. The van der Waals surface area contributed by atoms with Crippen LogP contribution in [-0.2, 0) is 26.2 Å². The Labute approximate surface area is 159 Å². The minimum atomic E-state index is -5.84. The van der Waals surface area contributed by atoms with Crippen LogP contribution in [0.3, 0.4) is 0 Å². The van der Waals surface area contributed by atoms with Crippen molar-refractivity contribution in [2.75, 3.05) is 13.1 Å². The summed E-state index contributed by atoms with van der Waals surface area (Å²) in [5.74, 6) is 0. The van der Waals surface area contributed by atoms with E-state index in [-0.39, 0.29) is 24.8 Å². The van der Waals surface area contributed by atoms with Gasteiger partial charge < -0.3 is 20.1 Å². The molecule has 1 aliphatic heterocycles. The predicted molar refractivity (Wildman–Crippen MR) is 91.8 cm³/mol. The highest BCUT2D eigenvalue weighted by Crippen LogP contribution is 2.20. The number of ether oxygens (including phenoxy) is 2. The summed E-state index contributed by atoms with van der Waals surface area (Å²) in [5.41, 5.74) is 0.619. The van der Waals surface area contributed by atoms with Gasteiger partial charge in [-0.1, -0.05) is 30.3 Å². The molecule has 0 saturated carbocycles. The molecule has 0 aromatic heterocycles. The van der Waals surface area contributed by atoms with E-state index in [2.05, 4.69) is 0 Å². The SMILES string of the molecule is N=C(N)OC1CCN(C(=O)OCc2ccccc2)CC1.O=S(=O)(O)C(F)(F)F. The van der Waals surface area contributed by atoms with Crippen LogP contribution < -0.4 is 5.73 Å². The van der Waals surface area contributed by atoms with E-state index in [4.69, 9.17) is 33.6 Å². The number of nitrogens with one attached hydrogen (secondary N) is 1. The molecule has 0 radical (unpaired) electrons. The van der Waals surface area contributed by atoms with E-state index in [1.54, 1.807) is 4.90 Å². The fourth-order valence-corrected chi connectivity index (χ4v) is 2.15. The van der Waals surface area contributed by atoms with E-state index in [0.717, 1.165) is 5.56 Å². The van der Waals surface area contributed by atoms with Gasteiger partial charge in [-0.2, -0.15) is 21.6 Å². The third-order valence-electron chi connectivity index (χ3n) is 3.49. The highest BCUT2D eigenvalue weighted by Gasteiger charge is 2.44. The van der Waals surface area contributed by atoms with Gasteiger partial charge in [0.05, 0.1) is 0 Å². The number of hydrogen-bond donors (Lipinski definition) is 3. The highest BCUT2D eigenvalue weighted by molar-refractivity contribution is 7.86. The van der Waals surface area contributed by atoms with Crippen molar-refractivity contribution in [2.45, 2.75) is 31.1 Å². The zero-order valence-corrected chi connectivity index (χ0v) is 15.4. The summed E-state index contributed by atoms with van der Waals surface area (Å²) >= 11 is 0. The molecule has 1 aliphatic rings. The van der Waals surface area contributed by atoms with Crippen LogP contribution in [0.1, 0.15) is 18.4 Å². The van der Waals surface area contributed by atoms with Crippen LogP contribution >= 0.6 is 0 Å². The number of amidine groups is 1. The average molecular weight is 427 g/mol. The first-order valence-corrected chi connectivity index (χ1v) is 9.34. The minimum Gasteiger partial charge on any atom is -0.462 e. The number of halogens is 3. The smallest absolute Gasteiger partial charge is 0.462 e. The van der Waals surface area contributed by atoms with Gasteiger partial charge in [-0.3, -0.25) is 9.96 Å². The Bertz CT molecular complexity index is 750. The number of rotatable bonds is 3. The lowest BCUT2D eigenvalue weighted by molar-refractivity contribution is -0.0510. The molecular weight excluding hydrogens is 407 g/mol. The third-order valence-corrected chi connectivity index (χ3v) is 4.08. The molecule has 1 aromatic rings. The van der Waals surface area contributed by atoms with Gasteiger partial charge in [0.1, 0.15) is 12.7 Å². The summed E-state index contributed by atoms with van der Waals surface area (Å²) in [4.78, 5) is 13.6. The van der Waals surface area contributed by atoms with Crippen molar-refractivity contribution < 1.29 is 40.4 Å². The van der Waals surface area contributed by atoms with E-state index in [1.807, 2.05) is 30.3 Å². The molecule has 1 fully saturated rings. The van der Waals surface area contributed by atoms with Crippen molar-refractivity contribution in [1.82, 2.24) is 4.90 Å². The largest absolute Gasteiger partial charge is 0.522 e. The maximum atomic E-state index is 11.9. The molecule has 28 heavy (non-hydrogen) atoms. The van der Waals surface area contributed by atoms with Gasteiger partial charge in [-0.05, 0) is 5.56 Å². The molecule has 1 saturated heterocycles. The Morgan fingerprint density at radius 3 is 2.18 bits per heavy atom. The summed E-state index contributed by atoms with van der Waals surface area (Å²) in [6.45, 7) is 1.40. The minimum absolute atomic E-state index is 0.0781. The van der Waals surface area contributed by atoms with Crippen LogP contribution in [0.25, 0.3) is 0 Å². The summed E-state index contributed by atoms with van der Waals surface area (Å²) in [6.07, 6.45) is 0.945. The number of nitrogens with zero attached hydrogens (tertiary/aromatic N) is 1. The summed E-state index contributed by atoms with van der Waals surface area (Å²) in [7, 11) is -5.84. The van der Waals surface area contributed by atoms with Gasteiger partial charge >= 0.3 is 21.7 Å². The number of benzene rings is 1. The number of carbonyl (C=O) groups is 1. The monoisotopic (exact) mass is 427 g/mol. The third kappa shape index (κ3) is 8.43. The second-order valence-corrected chi connectivity index (χ2v) is 7.04. The van der Waals surface area contributed by atoms with E-state index >= 15 is 0 Å². The molecule has 9 nitrogen and oxygen atoms in total. The molecule has 13 heteroatoms. The molecule has 158 valence electrons. The quantitative estimate of drug-likeness (QED) is 0.290. The maximum Gasteiger partial charge on any atom is 0.522 e. The van der Waals surface area contributed by atoms with E-state index in [0.29, 0.717) is 25.9 Å². The van der Waals surface area contributed by atoms with Crippen LogP contribution in [0.2, 0.25) is 0 Å². The number of alkyl halides is 3. The van der Waals surface area contributed by atoms with E-state index < -0.39 is 15.6 Å². The second-order valence-electron chi connectivity index (χ2n) is 5.63. The average Bonchev–Trinajstić information content (AvgIpc) is 2.59. The van der Waals surface area contributed by atoms with Crippen LogP contribution in [0.4, 0.5) is 18.0 Å². The molecule has 0 aliphatic carbocycles. The fourth-order valence-electron chi connectivity index (χ4n) is 2.15. The molecule has 2 rings (SSSR count). The molecule has 0 spiro atoms. The van der Waals surface area contributed by atoms with Crippen molar-refractivity contribution in [3.05, 3.63) is 35.9 Å². The Morgan fingerprint density at radius 1 is 1.25 bits per heavy atom. The number of piperidine rings is 1. The molecule has 1 heterocycles. The summed E-state index contributed by atoms with van der Waals surface area (Å²) in [6, 6.07) is 9.31. The molecular formula is C15H20F3N3O6S. The zero-order chi connectivity index (χ0) is 21.4. The van der Waals surface area contributed by atoms with Crippen LogP contribution in [0.5, 0.6) is 0 Å². The maximum absolute atomic E-state index is 11.9. The molecule has 4 N–H and O–H groups in total. The normalized spacial score (nSPS) is 15.2. The van der Waals surface area contributed by atoms with Crippen molar-refractivity contribution in [3.63, 3.8) is 0 Å². The van der Waals surface area contributed by atoms with Gasteiger partial charge in [0.2, 0.25) is 0 Å². The second kappa shape index (κ2) is 10.1. The number of likely N-dealkylation sites (tertiary alicyclic amines) is 1. The Balaban J connectivity index is 0.000000416. The van der Waals surface area contributed by atoms with Gasteiger partial charge in [0, 0.05) is 25.9 Å². The lowest BCUT2D eigenvalue weighted by Crippen LogP contribution is -2.42. The lowest BCUT2D eigenvalue weighted by atomic mass is 10.1. The predicted octanol–water partition coefficient (Wildman–Crippen LogP) is 2.09. The van der Waals surface area contributed by atoms with Crippen LogP contribution in [0, 0.1) is 5.41 Å². The Hall–Kier alpha value is -2.54. The first-order valence-electron chi connectivity index (χ1n) is 7.90. The van der Waals surface area contributed by atoms with Crippen LogP contribution in [0.15, 0.2) is 30.3 Å². The summed E-state index contributed by atoms with van der Waals surface area (Å²) < 4.78 is 67.9. The van der Waals surface area contributed by atoms with Crippen molar-refractivity contribution in [2.24, 2.45) is 5.73 Å². The molecule has 0 unspecified atom stereocenters. The number of amides is 1. The number of hydrogen-bond acceptors (Lipinski definition) is 6. The standard InChI is InChI=1S/C14H19N3O3.CHF3O3S/c15-13(16)20-12-6-8-17(9-7-12)14(18)19-10-11-4-2-1-3-5-11;2-1(3,4)8(5,6)7/h1-5,12H,6-10H2,(H3,15,16);(H,5,6,7). The topological polar surface area (TPSA) is 143 Å². The van der Waals surface area contributed by atoms with E-state index in [1.165, 1.54) is 0 Å². The number of carbonyl (C=O) groups excluding carboxylic acids is 1. The van der Waals surface area contributed by atoms with Gasteiger partial charge in [-0.25, -0.2) is 4.79 Å². The van der Waals surface area contributed by atoms with Gasteiger partial charge in [-0.15, -0.1) is 0 Å². The van der Waals surface area contributed by atoms with Crippen molar-refractivity contribution in [3.8, 4) is 0 Å². The Morgan fingerprint density at radius 2 is 1.75 bits per heavy atom. The fraction of sp³-hybridized carbons (Fsp3) is 0.467. The molecule has 0 atom stereocenters. The molecule has 0 bridgehead atoms. The van der Waals surface area contributed by atoms with Crippen molar-refractivity contribution >= 4 is 22.2 Å². The Kier molecular flexibility index (Phi) is 8.50. The van der Waals surface area contributed by atoms with Gasteiger partial charge in [0.15, 0.2) is 0 Å². The van der Waals surface area contributed by atoms with E-state index in [9.17, 15) is 18.0 Å². The first kappa shape index (κ1) is 23.5. The van der Waals surface area contributed by atoms with Crippen LogP contribution in [-0.4, -0.2) is 54.7 Å². The van der Waals surface area contributed by atoms with Crippen molar-refractivity contribution in [1.29, 1.82) is 5.41 Å². The molecule has 1 amide bonds. The molecule has 1 aromatic carbocycles. The first-order chi connectivity index (χ1) is 12.9. The lowest BCUT2D eigenvalue weighted by Gasteiger charge is -2.30. The summed E-state index contributed by atoms with van der Waals surface area (Å²) in [5, 5.41) is 7.08.